The van der Waals surface area contributed by atoms with Gasteiger partial charge in [-0.3, -0.25) is 4.79 Å². The van der Waals surface area contributed by atoms with Crippen molar-refractivity contribution in [3.8, 4) is 22.6 Å². The molecule has 0 spiro atoms. The molecular weight excluding hydrogens is 478 g/mol. The normalized spacial score (nSPS) is 15.3. The first-order chi connectivity index (χ1) is 18.6. The molecule has 0 unspecified atom stereocenters. The molecule has 3 aromatic rings. The number of ether oxygens (including phenoxy) is 3. The van der Waals surface area contributed by atoms with E-state index in [2.05, 4.69) is 24.3 Å². The van der Waals surface area contributed by atoms with Crippen molar-refractivity contribution in [3.05, 3.63) is 83.9 Å². The largest absolute Gasteiger partial charge is 0.486 e. The van der Waals surface area contributed by atoms with Gasteiger partial charge < -0.3 is 19.1 Å². The summed E-state index contributed by atoms with van der Waals surface area (Å²) in [5, 5.41) is 0. The highest BCUT2D eigenvalue weighted by molar-refractivity contribution is 5.95. The Bertz CT molecular complexity index is 1310. The smallest absolute Gasteiger partial charge is 0.330 e. The van der Waals surface area contributed by atoms with Crippen LogP contribution in [0.5, 0.6) is 11.5 Å². The maximum Gasteiger partial charge on any atom is 0.330 e. The quantitative estimate of drug-likeness (QED) is 0.270. The van der Waals surface area contributed by atoms with Gasteiger partial charge >= 0.3 is 5.97 Å². The summed E-state index contributed by atoms with van der Waals surface area (Å²) < 4.78 is 16.1. The van der Waals surface area contributed by atoms with E-state index >= 15 is 0 Å². The molecule has 5 rings (SSSR count). The molecule has 3 aromatic carbocycles. The molecule has 2 aliphatic rings. The summed E-state index contributed by atoms with van der Waals surface area (Å²) in [5.41, 5.74) is 4.84. The van der Waals surface area contributed by atoms with Crippen LogP contribution >= 0.6 is 0 Å². The van der Waals surface area contributed by atoms with Crippen LogP contribution < -0.4 is 14.4 Å². The number of methoxy groups -OCH3 is 1. The lowest BCUT2D eigenvalue weighted by atomic mass is 9.88. The van der Waals surface area contributed by atoms with Crippen molar-refractivity contribution in [2.45, 2.75) is 38.6 Å². The van der Waals surface area contributed by atoms with Crippen LogP contribution in [-0.4, -0.2) is 32.2 Å². The Morgan fingerprint density at radius 3 is 2.39 bits per heavy atom. The fourth-order valence-corrected chi connectivity index (χ4v) is 5.10. The highest BCUT2D eigenvalue weighted by Crippen LogP contribution is 2.35. The number of fused-ring (bicyclic) bond motifs is 1. The van der Waals surface area contributed by atoms with Gasteiger partial charge in [-0.1, -0.05) is 61.7 Å². The molecule has 0 N–H and O–H groups in total. The number of carbonyl (C=O) groups is 2. The minimum absolute atomic E-state index is 0.0370. The summed E-state index contributed by atoms with van der Waals surface area (Å²) in [7, 11) is 1.35. The zero-order valence-electron chi connectivity index (χ0n) is 21.7. The second-order valence-electron chi connectivity index (χ2n) is 9.77. The minimum atomic E-state index is -0.413. The van der Waals surface area contributed by atoms with E-state index < -0.39 is 5.97 Å². The maximum absolute atomic E-state index is 13.8. The summed E-state index contributed by atoms with van der Waals surface area (Å²) in [4.78, 5) is 27.2. The lowest BCUT2D eigenvalue weighted by molar-refractivity contribution is -0.134. The third-order valence-corrected chi connectivity index (χ3v) is 7.19. The van der Waals surface area contributed by atoms with Gasteiger partial charge in [-0.2, -0.15) is 0 Å². The van der Waals surface area contributed by atoms with Crippen LogP contribution in [0.25, 0.3) is 17.2 Å². The number of nitrogens with zero attached hydrogens (tertiary/aromatic N) is 1. The van der Waals surface area contributed by atoms with Gasteiger partial charge in [0.1, 0.15) is 13.2 Å². The Balaban J connectivity index is 1.39. The Hall–Kier alpha value is -4.06. The van der Waals surface area contributed by atoms with Crippen LogP contribution in [0.1, 0.15) is 43.2 Å². The fourth-order valence-electron chi connectivity index (χ4n) is 5.10. The molecule has 1 saturated carbocycles. The Morgan fingerprint density at radius 2 is 1.63 bits per heavy atom. The molecule has 6 nitrogen and oxygen atoms in total. The van der Waals surface area contributed by atoms with Crippen LogP contribution in [-0.2, 0) is 20.9 Å². The van der Waals surface area contributed by atoms with Crippen molar-refractivity contribution in [2.24, 2.45) is 5.92 Å². The summed E-state index contributed by atoms with van der Waals surface area (Å²) in [6.07, 6.45) is 8.34. The topological polar surface area (TPSA) is 65.1 Å². The van der Waals surface area contributed by atoms with Gasteiger partial charge in [-0.05, 0) is 65.4 Å². The molecule has 0 radical (unpaired) electrons. The highest BCUT2D eigenvalue weighted by atomic mass is 16.6. The molecule has 0 aromatic heterocycles. The second kappa shape index (κ2) is 12.0. The number of rotatable bonds is 7. The van der Waals surface area contributed by atoms with Crippen LogP contribution in [0.3, 0.4) is 0 Å². The van der Waals surface area contributed by atoms with Crippen LogP contribution in [0.2, 0.25) is 0 Å². The third kappa shape index (κ3) is 6.08. The maximum atomic E-state index is 13.8. The van der Waals surface area contributed by atoms with Gasteiger partial charge in [0.2, 0.25) is 5.91 Å². The molecule has 6 heteroatoms. The highest BCUT2D eigenvalue weighted by Gasteiger charge is 2.27. The second-order valence-corrected chi connectivity index (χ2v) is 9.77. The van der Waals surface area contributed by atoms with Gasteiger partial charge in [0.15, 0.2) is 11.5 Å². The van der Waals surface area contributed by atoms with E-state index in [1.165, 1.54) is 19.6 Å². The predicted octanol–water partition coefficient (Wildman–Crippen LogP) is 6.42. The van der Waals surface area contributed by atoms with E-state index in [0.717, 1.165) is 65.1 Å². The number of esters is 1. The van der Waals surface area contributed by atoms with Crippen LogP contribution in [0.4, 0.5) is 5.69 Å². The molecule has 1 aliphatic carbocycles. The number of benzene rings is 3. The van der Waals surface area contributed by atoms with E-state index in [0.29, 0.717) is 19.8 Å². The van der Waals surface area contributed by atoms with Crippen molar-refractivity contribution in [2.75, 3.05) is 25.2 Å². The molecule has 0 saturated heterocycles. The fraction of sp³-hybridized carbons (Fsp3) is 0.312. The summed E-state index contributed by atoms with van der Waals surface area (Å²) in [5.74, 6) is 1.33. The number of hydrogen-bond acceptors (Lipinski definition) is 5. The number of anilines is 1. The molecule has 1 heterocycles. The van der Waals surface area contributed by atoms with Crippen molar-refractivity contribution in [1.29, 1.82) is 0 Å². The van der Waals surface area contributed by atoms with Crippen molar-refractivity contribution in [1.82, 2.24) is 0 Å². The van der Waals surface area contributed by atoms with E-state index in [1.807, 2.05) is 47.4 Å². The van der Waals surface area contributed by atoms with Gasteiger partial charge in [-0.15, -0.1) is 0 Å². The Morgan fingerprint density at radius 1 is 0.895 bits per heavy atom. The van der Waals surface area contributed by atoms with E-state index in [-0.39, 0.29) is 11.8 Å². The molecule has 38 heavy (non-hydrogen) atoms. The van der Waals surface area contributed by atoms with Gasteiger partial charge in [-0.25, -0.2) is 4.79 Å². The van der Waals surface area contributed by atoms with E-state index in [4.69, 9.17) is 14.2 Å². The monoisotopic (exact) mass is 511 g/mol. The van der Waals surface area contributed by atoms with Gasteiger partial charge in [0.25, 0.3) is 0 Å². The van der Waals surface area contributed by atoms with E-state index in [1.54, 1.807) is 6.08 Å². The molecule has 0 bridgehead atoms. The summed E-state index contributed by atoms with van der Waals surface area (Å²) >= 11 is 0. The van der Waals surface area contributed by atoms with Crippen molar-refractivity contribution in [3.63, 3.8) is 0 Å². The van der Waals surface area contributed by atoms with Crippen molar-refractivity contribution < 1.29 is 23.8 Å². The first-order valence-corrected chi connectivity index (χ1v) is 13.3. The Labute approximate surface area is 223 Å². The number of carbonyl (C=O) groups excluding carboxylic acids is 2. The standard InChI is InChI=1S/C32H33NO5/c1-36-31(34)17-12-23-6-5-9-28(20-23)33(32(35)26-7-3-2-4-8-26)22-24-10-13-25(14-11-24)27-15-16-29-30(21-27)38-19-18-37-29/h5-6,9-17,20-21,26H,2-4,7-8,18-19,22H2,1H3/b17-12+. The van der Waals surface area contributed by atoms with Gasteiger partial charge in [0, 0.05) is 17.7 Å². The van der Waals surface area contributed by atoms with Gasteiger partial charge in [0.05, 0.1) is 13.7 Å². The molecular formula is C32H33NO5. The molecule has 1 fully saturated rings. The molecule has 1 amide bonds. The lowest BCUT2D eigenvalue weighted by Crippen LogP contribution is -2.36. The van der Waals surface area contributed by atoms with E-state index in [9.17, 15) is 9.59 Å². The first kappa shape index (κ1) is 25.6. The third-order valence-electron chi connectivity index (χ3n) is 7.19. The molecule has 196 valence electrons. The molecule has 0 atom stereocenters. The zero-order chi connectivity index (χ0) is 26.3. The number of hydrogen-bond donors (Lipinski definition) is 0. The predicted molar refractivity (Wildman–Crippen MR) is 148 cm³/mol. The average molecular weight is 512 g/mol. The summed E-state index contributed by atoms with van der Waals surface area (Å²) in [6, 6.07) is 22.0. The SMILES string of the molecule is COC(=O)/C=C/c1cccc(N(Cc2ccc(-c3ccc4c(c3)OCCO4)cc2)C(=O)C2CCCCC2)c1. The summed E-state index contributed by atoms with van der Waals surface area (Å²) in [6.45, 7) is 1.60. The zero-order valence-corrected chi connectivity index (χ0v) is 21.7. The minimum Gasteiger partial charge on any atom is -0.486 e. The molecule has 1 aliphatic heterocycles. The Kier molecular flexibility index (Phi) is 8.07. The average Bonchev–Trinajstić information content (AvgIpc) is 2.99. The van der Waals surface area contributed by atoms with Crippen molar-refractivity contribution >= 4 is 23.6 Å². The van der Waals surface area contributed by atoms with Crippen LogP contribution in [0.15, 0.2) is 72.8 Å². The van der Waals surface area contributed by atoms with Crippen LogP contribution in [0, 0.1) is 5.92 Å². The number of amides is 1. The first-order valence-electron chi connectivity index (χ1n) is 13.3. The lowest BCUT2D eigenvalue weighted by Gasteiger charge is -2.30.